The standard InChI is InChI=1S/C22H36N2O2/c1-21(2)13-16(14-22(3,4)15-21)17-11-19(25-5)20(26-6)12-18(17)24-9-7-23-8-10-24/h11-12,16,23H,7-10,13-15H2,1-6H3. The molecule has 4 heteroatoms. The molecule has 0 unspecified atom stereocenters. The molecular weight excluding hydrogens is 324 g/mol. The van der Waals surface area contributed by atoms with Crippen LogP contribution in [0.5, 0.6) is 11.5 Å². The van der Waals surface area contributed by atoms with Gasteiger partial charge in [-0.05, 0) is 47.6 Å². The fraction of sp³-hybridized carbons (Fsp3) is 0.727. The Labute approximate surface area is 159 Å². The van der Waals surface area contributed by atoms with Crippen LogP contribution >= 0.6 is 0 Å². The molecule has 1 aromatic rings. The lowest BCUT2D eigenvalue weighted by molar-refractivity contribution is 0.0969. The molecule has 1 N–H and O–H groups in total. The second kappa shape index (κ2) is 7.30. The van der Waals surface area contributed by atoms with Crippen LogP contribution in [0.25, 0.3) is 0 Å². The van der Waals surface area contributed by atoms with E-state index in [0.29, 0.717) is 16.7 Å². The summed E-state index contributed by atoms with van der Waals surface area (Å²) in [7, 11) is 3.47. The minimum atomic E-state index is 0.361. The number of nitrogens with one attached hydrogen (secondary N) is 1. The molecule has 4 nitrogen and oxygen atoms in total. The van der Waals surface area contributed by atoms with Gasteiger partial charge in [-0.25, -0.2) is 0 Å². The molecular formula is C22H36N2O2. The summed E-state index contributed by atoms with van der Waals surface area (Å²) >= 11 is 0. The molecule has 1 heterocycles. The molecule has 0 amide bonds. The van der Waals surface area contributed by atoms with E-state index in [1.54, 1.807) is 14.2 Å². The molecule has 2 aliphatic rings. The lowest BCUT2D eigenvalue weighted by Gasteiger charge is -2.46. The molecule has 1 aliphatic carbocycles. The lowest BCUT2D eigenvalue weighted by Crippen LogP contribution is -2.44. The Morgan fingerprint density at radius 1 is 0.923 bits per heavy atom. The fourth-order valence-corrected chi connectivity index (χ4v) is 5.46. The maximum absolute atomic E-state index is 5.66. The van der Waals surface area contributed by atoms with Gasteiger partial charge in [-0.1, -0.05) is 27.7 Å². The molecule has 1 aliphatic heterocycles. The number of hydrogen-bond donors (Lipinski definition) is 1. The van der Waals surface area contributed by atoms with Crippen molar-refractivity contribution in [2.24, 2.45) is 10.8 Å². The van der Waals surface area contributed by atoms with Crippen molar-refractivity contribution in [2.75, 3.05) is 45.3 Å². The smallest absolute Gasteiger partial charge is 0.162 e. The second-order valence-electron chi connectivity index (χ2n) is 9.61. The molecule has 0 radical (unpaired) electrons. The highest BCUT2D eigenvalue weighted by molar-refractivity contribution is 5.63. The number of hydrogen-bond acceptors (Lipinski definition) is 4. The summed E-state index contributed by atoms with van der Waals surface area (Å²) in [6.45, 7) is 13.9. The van der Waals surface area contributed by atoms with Crippen LogP contribution in [0, 0.1) is 10.8 Å². The molecule has 1 saturated heterocycles. The highest BCUT2D eigenvalue weighted by Crippen LogP contribution is 2.54. The topological polar surface area (TPSA) is 33.7 Å². The highest BCUT2D eigenvalue weighted by atomic mass is 16.5. The van der Waals surface area contributed by atoms with Gasteiger partial charge < -0.3 is 19.7 Å². The van der Waals surface area contributed by atoms with Gasteiger partial charge in [0.15, 0.2) is 11.5 Å². The van der Waals surface area contributed by atoms with Crippen molar-refractivity contribution in [3.63, 3.8) is 0 Å². The first-order valence-electron chi connectivity index (χ1n) is 9.96. The molecule has 1 saturated carbocycles. The van der Waals surface area contributed by atoms with Gasteiger partial charge in [0.2, 0.25) is 0 Å². The Hall–Kier alpha value is -1.42. The first-order valence-corrected chi connectivity index (χ1v) is 9.96. The SMILES string of the molecule is COc1cc(C2CC(C)(C)CC(C)(C)C2)c(N2CCNCC2)cc1OC. The Morgan fingerprint density at radius 3 is 2.00 bits per heavy atom. The number of piperazine rings is 1. The quantitative estimate of drug-likeness (QED) is 0.861. The summed E-state index contributed by atoms with van der Waals surface area (Å²) in [6, 6.07) is 4.45. The van der Waals surface area contributed by atoms with Gasteiger partial charge >= 0.3 is 0 Å². The van der Waals surface area contributed by atoms with Gasteiger partial charge in [-0.15, -0.1) is 0 Å². The molecule has 0 atom stereocenters. The second-order valence-corrected chi connectivity index (χ2v) is 9.61. The molecule has 0 spiro atoms. The largest absolute Gasteiger partial charge is 0.493 e. The molecule has 0 bridgehead atoms. The third kappa shape index (κ3) is 4.11. The van der Waals surface area contributed by atoms with Gasteiger partial charge in [0.1, 0.15) is 0 Å². The maximum atomic E-state index is 5.66. The van der Waals surface area contributed by atoms with Gasteiger partial charge in [0.25, 0.3) is 0 Å². The normalized spacial score (nSPS) is 22.9. The Kier molecular flexibility index (Phi) is 5.43. The van der Waals surface area contributed by atoms with Crippen LogP contribution in [-0.2, 0) is 0 Å². The van der Waals surface area contributed by atoms with Crippen molar-refractivity contribution >= 4 is 5.69 Å². The van der Waals surface area contributed by atoms with E-state index in [2.05, 4.69) is 50.0 Å². The van der Waals surface area contributed by atoms with Gasteiger partial charge in [-0.2, -0.15) is 0 Å². The van der Waals surface area contributed by atoms with Crippen LogP contribution in [-0.4, -0.2) is 40.4 Å². The van der Waals surface area contributed by atoms with Gasteiger partial charge in [-0.3, -0.25) is 0 Å². The van der Waals surface area contributed by atoms with Crippen molar-refractivity contribution in [3.05, 3.63) is 17.7 Å². The van der Waals surface area contributed by atoms with E-state index in [-0.39, 0.29) is 0 Å². The summed E-state index contributed by atoms with van der Waals surface area (Å²) in [5.41, 5.74) is 3.49. The maximum Gasteiger partial charge on any atom is 0.162 e. The van der Waals surface area contributed by atoms with E-state index in [0.717, 1.165) is 37.7 Å². The average Bonchev–Trinajstić information content (AvgIpc) is 2.58. The van der Waals surface area contributed by atoms with Crippen LogP contribution < -0.4 is 19.7 Å². The minimum absolute atomic E-state index is 0.361. The van der Waals surface area contributed by atoms with Crippen molar-refractivity contribution in [3.8, 4) is 11.5 Å². The van der Waals surface area contributed by atoms with E-state index in [1.807, 2.05) is 0 Å². The molecule has 3 rings (SSSR count). The van der Waals surface area contributed by atoms with Gasteiger partial charge in [0.05, 0.1) is 14.2 Å². The predicted octanol–water partition coefficient (Wildman–Crippen LogP) is 4.43. The molecule has 26 heavy (non-hydrogen) atoms. The summed E-state index contributed by atoms with van der Waals surface area (Å²) in [6.07, 6.45) is 3.74. The Bertz CT molecular complexity index is 617. The third-order valence-corrected chi connectivity index (χ3v) is 5.99. The third-order valence-electron chi connectivity index (χ3n) is 5.99. The average molecular weight is 361 g/mol. The van der Waals surface area contributed by atoms with E-state index in [1.165, 1.54) is 30.5 Å². The van der Waals surface area contributed by atoms with Crippen molar-refractivity contribution in [2.45, 2.75) is 52.9 Å². The van der Waals surface area contributed by atoms with Gasteiger partial charge in [0, 0.05) is 37.9 Å². The minimum Gasteiger partial charge on any atom is -0.493 e. The first-order chi connectivity index (χ1) is 12.2. The summed E-state index contributed by atoms with van der Waals surface area (Å²) in [4.78, 5) is 2.52. The van der Waals surface area contributed by atoms with E-state index in [4.69, 9.17) is 9.47 Å². The molecule has 2 fully saturated rings. The summed E-state index contributed by atoms with van der Waals surface area (Å²) < 4.78 is 11.3. The van der Waals surface area contributed by atoms with Crippen LogP contribution in [0.1, 0.15) is 58.4 Å². The number of ether oxygens (including phenoxy) is 2. The van der Waals surface area contributed by atoms with Crippen molar-refractivity contribution < 1.29 is 9.47 Å². The number of methoxy groups -OCH3 is 2. The van der Waals surface area contributed by atoms with Crippen LogP contribution in [0.3, 0.4) is 0 Å². The fourth-order valence-electron chi connectivity index (χ4n) is 5.46. The molecule has 146 valence electrons. The van der Waals surface area contributed by atoms with Crippen LogP contribution in [0.2, 0.25) is 0 Å². The first kappa shape index (κ1) is 19.3. The zero-order valence-corrected chi connectivity index (χ0v) is 17.4. The van der Waals surface area contributed by atoms with E-state index < -0.39 is 0 Å². The van der Waals surface area contributed by atoms with Crippen LogP contribution in [0.15, 0.2) is 12.1 Å². The number of rotatable bonds is 4. The van der Waals surface area contributed by atoms with Crippen molar-refractivity contribution in [1.29, 1.82) is 0 Å². The monoisotopic (exact) mass is 360 g/mol. The lowest BCUT2D eigenvalue weighted by atomic mass is 9.60. The van der Waals surface area contributed by atoms with E-state index in [9.17, 15) is 0 Å². The van der Waals surface area contributed by atoms with Crippen molar-refractivity contribution in [1.82, 2.24) is 5.32 Å². The number of benzene rings is 1. The Balaban J connectivity index is 2.05. The molecule has 1 aromatic carbocycles. The zero-order chi connectivity index (χ0) is 18.9. The highest BCUT2D eigenvalue weighted by Gasteiger charge is 2.40. The number of anilines is 1. The van der Waals surface area contributed by atoms with E-state index >= 15 is 0 Å². The number of nitrogens with zero attached hydrogens (tertiary/aromatic N) is 1. The summed E-state index contributed by atoms with van der Waals surface area (Å²) in [5.74, 6) is 2.24. The Morgan fingerprint density at radius 2 is 1.46 bits per heavy atom. The molecule has 0 aromatic heterocycles. The zero-order valence-electron chi connectivity index (χ0n) is 17.4. The predicted molar refractivity (Wildman–Crippen MR) is 109 cm³/mol. The van der Waals surface area contributed by atoms with Crippen LogP contribution in [0.4, 0.5) is 5.69 Å². The summed E-state index contributed by atoms with van der Waals surface area (Å²) in [5, 5.41) is 3.46.